The Morgan fingerprint density at radius 2 is 1.95 bits per heavy atom. The molecular formula is C13H19N5O. The second kappa shape index (κ2) is 5.02. The zero-order chi connectivity index (χ0) is 14.0. The SMILES string of the molecule is Cn1ccnc(N2CCN(C(C)(C)C#N)CC2)c1=O. The minimum absolute atomic E-state index is 0.0736. The summed E-state index contributed by atoms with van der Waals surface area (Å²) < 4.78 is 1.54. The molecule has 0 aliphatic carbocycles. The zero-order valence-electron chi connectivity index (χ0n) is 11.6. The van der Waals surface area contributed by atoms with Crippen LogP contribution in [0.2, 0.25) is 0 Å². The summed E-state index contributed by atoms with van der Waals surface area (Å²) in [6, 6.07) is 2.31. The smallest absolute Gasteiger partial charge is 0.293 e. The third-order valence-electron chi connectivity index (χ3n) is 3.64. The van der Waals surface area contributed by atoms with Gasteiger partial charge in [0.25, 0.3) is 5.56 Å². The molecule has 0 N–H and O–H groups in total. The van der Waals surface area contributed by atoms with E-state index in [1.54, 1.807) is 19.4 Å². The van der Waals surface area contributed by atoms with E-state index in [9.17, 15) is 4.79 Å². The summed E-state index contributed by atoms with van der Waals surface area (Å²) >= 11 is 0. The molecular weight excluding hydrogens is 242 g/mol. The van der Waals surface area contributed by atoms with E-state index in [2.05, 4.69) is 16.0 Å². The number of piperazine rings is 1. The van der Waals surface area contributed by atoms with E-state index in [1.165, 1.54) is 4.57 Å². The van der Waals surface area contributed by atoms with Crippen LogP contribution in [0.15, 0.2) is 17.2 Å². The van der Waals surface area contributed by atoms with E-state index in [0.717, 1.165) is 26.2 Å². The molecule has 1 fully saturated rings. The molecule has 0 radical (unpaired) electrons. The van der Waals surface area contributed by atoms with Crippen molar-refractivity contribution in [2.45, 2.75) is 19.4 Å². The predicted octanol–water partition coefficient (Wildman–Crippen LogP) is 0.204. The van der Waals surface area contributed by atoms with Crippen LogP contribution in [0, 0.1) is 11.3 Å². The van der Waals surface area contributed by atoms with Crippen molar-refractivity contribution in [2.75, 3.05) is 31.1 Å². The van der Waals surface area contributed by atoms with Crippen LogP contribution in [0.5, 0.6) is 0 Å². The number of hydrogen-bond donors (Lipinski definition) is 0. The number of nitriles is 1. The number of nitrogens with zero attached hydrogens (tertiary/aromatic N) is 5. The lowest BCUT2D eigenvalue weighted by Gasteiger charge is -2.40. The monoisotopic (exact) mass is 261 g/mol. The molecule has 2 rings (SSSR count). The van der Waals surface area contributed by atoms with Gasteiger partial charge in [0.1, 0.15) is 5.54 Å². The molecule has 0 saturated carbocycles. The van der Waals surface area contributed by atoms with E-state index < -0.39 is 5.54 Å². The Bertz CT molecular complexity index is 549. The average Bonchev–Trinajstić information content (AvgIpc) is 2.42. The van der Waals surface area contributed by atoms with Gasteiger partial charge < -0.3 is 9.47 Å². The van der Waals surface area contributed by atoms with Crippen LogP contribution < -0.4 is 10.5 Å². The van der Waals surface area contributed by atoms with Gasteiger partial charge in [-0.05, 0) is 13.8 Å². The Labute approximate surface area is 112 Å². The van der Waals surface area contributed by atoms with Gasteiger partial charge in [-0.3, -0.25) is 9.69 Å². The Morgan fingerprint density at radius 3 is 2.53 bits per heavy atom. The Kier molecular flexibility index (Phi) is 3.58. The topological polar surface area (TPSA) is 65.2 Å². The fourth-order valence-corrected chi connectivity index (χ4v) is 2.25. The molecule has 6 nitrogen and oxygen atoms in total. The van der Waals surface area contributed by atoms with Gasteiger partial charge in [0.15, 0.2) is 5.82 Å². The van der Waals surface area contributed by atoms with Crippen molar-refractivity contribution in [3.05, 3.63) is 22.7 Å². The van der Waals surface area contributed by atoms with Gasteiger partial charge >= 0.3 is 0 Å². The molecule has 1 aliphatic rings. The second-order valence-electron chi connectivity index (χ2n) is 5.31. The number of aromatic nitrogens is 2. The van der Waals surface area contributed by atoms with E-state index in [0.29, 0.717) is 5.82 Å². The molecule has 6 heteroatoms. The summed E-state index contributed by atoms with van der Waals surface area (Å²) in [5.74, 6) is 0.499. The quantitative estimate of drug-likeness (QED) is 0.761. The predicted molar refractivity (Wildman–Crippen MR) is 73.0 cm³/mol. The third kappa shape index (κ3) is 2.61. The highest BCUT2D eigenvalue weighted by atomic mass is 16.1. The van der Waals surface area contributed by atoms with Gasteiger partial charge in [-0.2, -0.15) is 5.26 Å². The van der Waals surface area contributed by atoms with Gasteiger partial charge in [0, 0.05) is 45.6 Å². The normalized spacial score (nSPS) is 17.3. The molecule has 0 spiro atoms. The molecule has 1 aliphatic heterocycles. The molecule has 0 atom stereocenters. The van der Waals surface area contributed by atoms with Crippen molar-refractivity contribution in [1.29, 1.82) is 5.26 Å². The lowest BCUT2D eigenvalue weighted by Crippen LogP contribution is -2.55. The third-order valence-corrected chi connectivity index (χ3v) is 3.64. The first-order valence-electron chi connectivity index (χ1n) is 6.38. The van der Waals surface area contributed by atoms with Gasteiger partial charge in [-0.25, -0.2) is 4.98 Å². The van der Waals surface area contributed by atoms with E-state index >= 15 is 0 Å². The first-order chi connectivity index (χ1) is 8.95. The maximum Gasteiger partial charge on any atom is 0.293 e. The van der Waals surface area contributed by atoms with Crippen molar-refractivity contribution in [3.63, 3.8) is 0 Å². The largest absolute Gasteiger partial charge is 0.349 e. The van der Waals surface area contributed by atoms with Crippen LogP contribution in [-0.2, 0) is 7.05 Å². The number of rotatable bonds is 2. The van der Waals surface area contributed by atoms with Crippen LogP contribution in [0.4, 0.5) is 5.82 Å². The van der Waals surface area contributed by atoms with E-state index in [4.69, 9.17) is 5.26 Å². The van der Waals surface area contributed by atoms with E-state index in [1.807, 2.05) is 18.7 Å². The summed E-state index contributed by atoms with van der Waals surface area (Å²) in [4.78, 5) is 20.3. The van der Waals surface area contributed by atoms with Crippen molar-refractivity contribution in [3.8, 4) is 6.07 Å². The molecule has 2 heterocycles. The Balaban J connectivity index is 2.11. The van der Waals surface area contributed by atoms with Gasteiger partial charge in [-0.1, -0.05) is 0 Å². The number of aryl methyl sites for hydroxylation is 1. The molecule has 0 bridgehead atoms. The minimum atomic E-state index is -0.457. The summed E-state index contributed by atoms with van der Waals surface area (Å²) in [6.07, 6.45) is 3.29. The van der Waals surface area contributed by atoms with Crippen LogP contribution >= 0.6 is 0 Å². The number of anilines is 1. The van der Waals surface area contributed by atoms with Crippen molar-refractivity contribution in [2.24, 2.45) is 7.05 Å². The summed E-state index contributed by atoms with van der Waals surface area (Å²) in [5.41, 5.74) is -0.531. The van der Waals surface area contributed by atoms with Crippen molar-refractivity contribution in [1.82, 2.24) is 14.5 Å². The Hall–Kier alpha value is -1.87. The first-order valence-corrected chi connectivity index (χ1v) is 6.38. The molecule has 0 aromatic carbocycles. The Morgan fingerprint density at radius 1 is 1.32 bits per heavy atom. The standard InChI is InChI=1S/C13H19N5O/c1-13(2,10-14)18-8-6-17(7-9-18)11-12(19)16(3)5-4-15-11/h4-5H,6-9H2,1-3H3. The highest BCUT2D eigenvalue weighted by molar-refractivity contribution is 5.36. The molecule has 1 aromatic rings. The van der Waals surface area contributed by atoms with Crippen LogP contribution in [-0.4, -0.2) is 46.2 Å². The van der Waals surface area contributed by atoms with Crippen LogP contribution in [0.25, 0.3) is 0 Å². The summed E-state index contributed by atoms with van der Waals surface area (Å²) in [7, 11) is 1.72. The highest BCUT2D eigenvalue weighted by Gasteiger charge is 2.30. The van der Waals surface area contributed by atoms with E-state index in [-0.39, 0.29) is 5.56 Å². The fraction of sp³-hybridized carbons (Fsp3) is 0.615. The zero-order valence-corrected chi connectivity index (χ0v) is 11.6. The molecule has 0 amide bonds. The van der Waals surface area contributed by atoms with Gasteiger partial charge in [0.2, 0.25) is 0 Å². The lowest BCUT2D eigenvalue weighted by molar-refractivity contribution is 0.157. The molecule has 1 aromatic heterocycles. The first kappa shape index (κ1) is 13.6. The van der Waals surface area contributed by atoms with Crippen molar-refractivity contribution >= 4 is 5.82 Å². The molecule has 0 unspecified atom stereocenters. The number of hydrogen-bond acceptors (Lipinski definition) is 5. The molecule has 19 heavy (non-hydrogen) atoms. The van der Waals surface area contributed by atoms with Crippen LogP contribution in [0.1, 0.15) is 13.8 Å². The van der Waals surface area contributed by atoms with Crippen molar-refractivity contribution < 1.29 is 0 Å². The summed E-state index contributed by atoms with van der Waals surface area (Å²) in [5, 5.41) is 9.14. The summed E-state index contributed by atoms with van der Waals surface area (Å²) in [6.45, 7) is 6.81. The molecule has 102 valence electrons. The maximum absolute atomic E-state index is 12.0. The second-order valence-corrected chi connectivity index (χ2v) is 5.31. The maximum atomic E-state index is 12.0. The minimum Gasteiger partial charge on any atom is -0.349 e. The highest BCUT2D eigenvalue weighted by Crippen LogP contribution is 2.17. The average molecular weight is 261 g/mol. The van der Waals surface area contributed by atoms with Gasteiger partial charge in [-0.15, -0.1) is 0 Å². The fourth-order valence-electron chi connectivity index (χ4n) is 2.25. The molecule has 1 saturated heterocycles. The lowest BCUT2D eigenvalue weighted by atomic mass is 10.0. The van der Waals surface area contributed by atoms with Gasteiger partial charge in [0.05, 0.1) is 6.07 Å². The van der Waals surface area contributed by atoms with Crippen LogP contribution in [0.3, 0.4) is 0 Å².